The number of ether oxygens (including phenoxy) is 1. The third-order valence-electron chi connectivity index (χ3n) is 3.21. The van der Waals surface area contributed by atoms with E-state index in [-0.39, 0.29) is 6.04 Å². The van der Waals surface area contributed by atoms with E-state index in [1.807, 2.05) is 6.92 Å². The summed E-state index contributed by atoms with van der Waals surface area (Å²) in [6, 6.07) is 1.97. The zero-order valence-corrected chi connectivity index (χ0v) is 10.5. The second kappa shape index (κ2) is 5.31. The van der Waals surface area contributed by atoms with Crippen LogP contribution in [0.25, 0.3) is 0 Å². The molecule has 0 amide bonds. The Labute approximate surface area is 102 Å². The van der Waals surface area contributed by atoms with Crippen molar-refractivity contribution >= 4 is 5.95 Å². The third-order valence-corrected chi connectivity index (χ3v) is 3.21. The fourth-order valence-electron chi connectivity index (χ4n) is 1.99. The molecule has 1 aliphatic heterocycles. The number of rotatable bonds is 3. The van der Waals surface area contributed by atoms with Crippen LogP contribution in [0.1, 0.15) is 20.3 Å². The molecule has 2 N–H and O–H groups in total. The smallest absolute Gasteiger partial charge is 0.228 e. The maximum Gasteiger partial charge on any atom is 0.228 e. The minimum Gasteiger partial charge on any atom is -0.478 e. The molecule has 1 aromatic rings. The lowest BCUT2D eigenvalue weighted by atomic mass is 9.95. The minimum absolute atomic E-state index is 0.197. The Hall–Kier alpha value is -1.36. The summed E-state index contributed by atoms with van der Waals surface area (Å²) in [5, 5.41) is 0. The first-order chi connectivity index (χ1) is 8.20. The Morgan fingerprint density at radius 2 is 2.41 bits per heavy atom. The molecule has 0 bridgehead atoms. The SMILES string of the molecule is CCOc1ccnc(N2CCC(C)C(N)C2)n1. The number of aromatic nitrogens is 2. The van der Waals surface area contributed by atoms with Gasteiger partial charge in [0.1, 0.15) is 0 Å². The molecular formula is C12H20N4O. The Morgan fingerprint density at radius 1 is 1.59 bits per heavy atom. The zero-order chi connectivity index (χ0) is 12.3. The summed E-state index contributed by atoms with van der Waals surface area (Å²) in [6.07, 6.45) is 2.82. The number of anilines is 1. The fraction of sp³-hybridized carbons (Fsp3) is 0.667. The molecule has 5 nitrogen and oxygen atoms in total. The first-order valence-corrected chi connectivity index (χ1v) is 6.17. The van der Waals surface area contributed by atoms with Gasteiger partial charge < -0.3 is 15.4 Å². The highest BCUT2D eigenvalue weighted by molar-refractivity contribution is 5.33. The van der Waals surface area contributed by atoms with Crippen LogP contribution in [0.5, 0.6) is 5.88 Å². The van der Waals surface area contributed by atoms with Crippen molar-refractivity contribution < 1.29 is 4.74 Å². The molecule has 1 fully saturated rings. The van der Waals surface area contributed by atoms with Crippen molar-refractivity contribution in [3.63, 3.8) is 0 Å². The summed E-state index contributed by atoms with van der Waals surface area (Å²) in [7, 11) is 0. The maximum absolute atomic E-state index is 6.07. The van der Waals surface area contributed by atoms with Crippen molar-refractivity contribution in [2.24, 2.45) is 11.7 Å². The Balaban J connectivity index is 2.09. The van der Waals surface area contributed by atoms with Crippen LogP contribution < -0.4 is 15.4 Å². The van der Waals surface area contributed by atoms with Gasteiger partial charge in [-0.3, -0.25) is 0 Å². The summed E-state index contributed by atoms with van der Waals surface area (Å²) in [5.41, 5.74) is 6.07. The average molecular weight is 236 g/mol. The number of hydrogen-bond acceptors (Lipinski definition) is 5. The molecule has 17 heavy (non-hydrogen) atoms. The molecule has 2 rings (SSSR count). The number of nitrogens with zero attached hydrogens (tertiary/aromatic N) is 3. The second-order valence-corrected chi connectivity index (χ2v) is 4.50. The third kappa shape index (κ3) is 2.85. The molecule has 5 heteroatoms. The predicted molar refractivity (Wildman–Crippen MR) is 67.2 cm³/mol. The largest absolute Gasteiger partial charge is 0.478 e. The molecule has 1 aromatic heterocycles. The monoisotopic (exact) mass is 236 g/mol. The molecule has 1 saturated heterocycles. The summed E-state index contributed by atoms with van der Waals surface area (Å²) >= 11 is 0. The minimum atomic E-state index is 0.197. The molecule has 0 aliphatic carbocycles. The lowest BCUT2D eigenvalue weighted by Crippen LogP contribution is -2.48. The van der Waals surface area contributed by atoms with E-state index < -0.39 is 0 Å². The Bertz CT molecular complexity index is 371. The number of piperidine rings is 1. The van der Waals surface area contributed by atoms with Gasteiger partial charge in [0.05, 0.1) is 6.61 Å². The van der Waals surface area contributed by atoms with Crippen molar-refractivity contribution in [3.8, 4) is 5.88 Å². The van der Waals surface area contributed by atoms with Gasteiger partial charge in [-0.05, 0) is 19.3 Å². The van der Waals surface area contributed by atoms with Crippen molar-refractivity contribution in [1.82, 2.24) is 9.97 Å². The Kier molecular flexibility index (Phi) is 3.78. The van der Waals surface area contributed by atoms with Crippen LogP contribution in [0, 0.1) is 5.92 Å². The van der Waals surface area contributed by atoms with Crippen LogP contribution >= 0.6 is 0 Å². The molecule has 2 heterocycles. The maximum atomic E-state index is 6.07. The summed E-state index contributed by atoms with van der Waals surface area (Å²) in [4.78, 5) is 10.8. The van der Waals surface area contributed by atoms with E-state index in [0.717, 1.165) is 25.5 Å². The standard InChI is InChI=1S/C12H20N4O/c1-3-17-11-4-6-14-12(15-11)16-7-5-9(2)10(13)8-16/h4,6,9-10H,3,5,7-8,13H2,1-2H3. The van der Waals surface area contributed by atoms with Gasteiger partial charge in [0, 0.05) is 31.4 Å². The highest BCUT2D eigenvalue weighted by Crippen LogP contribution is 2.20. The van der Waals surface area contributed by atoms with E-state index in [2.05, 4.69) is 21.8 Å². The van der Waals surface area contributed by atoms with E-state index in [9.17, 15) is 0 Å². The number of hydrogen-bond donors (Lipinski definition) is 1. The normalized spacial score (nSPS) is 24.8. The molecule has 94 valence electrons. The van der Waals surface area contributed by atoms with E-state index in [1.54, 1.807) is 12.3 Å². The van der Waals surface area contributed by atoms with Gasteiger partial charge in [0.25, 0.3) is 0 Å². The van der Waals surface area contributed by atoms with Crippen LogP contribution in [-0.2, 0) is 0 Å². The van der Waals surface area contributed by atoms with Gasteiger partial charge in [0.15, 0.2) is 0 Å². The molecule has 2 unspecified atom stereocenters. The second-order valence-electron chi connectivity index (χ2n) is 4.50. The summed E-state index contributed by atoms with van der Waals surface area (Å²) in [5.74, 6) is 1.92. The predicted octanol–water partition coefficient (Wildman–Crippen LogP) is 1.05. The van der Waals surface area contributed by atoms with Crippen LogP contribution in [0.3, 0.4) is 0 Å². The van der Waals surface area contributed by atoms with E-state index >= 15 is 0 Å². The summed E-state index contributed by atoms with van der Waals surface area (Å²) in [6.45, 7) is 6.54. The lowest BCUT2D eigenvalue weighted by molar-refractivity contribution is 0.324. The van der Waals surface area contributed by atoms with Crippen LogP contribution in [0.15, 0.2) is 12.3 Å². The fourth-order valence-corrected chi connectivity index (χ4v) is 1.99. The van der Waals surface area contributed by atoms with Gasteiger partial charge in [0.2, 0.25) is 11.8 Å². The van der Waals surface area contributed by atoms with Gasteiger partial charge in [-0.15, -0.1) is 0 Å². The first kappa shape index (κ1) is 12.1. The topological polar surface area (TPSA) is 64.3 Å². The molecule has 0 radical (unpaired) electrons. The van der Waals surface area contributed by atoms with Crippen LogP contribution in [-0.4, -0.2) is 35.7 Å². The summed E-state index contributed by atoms with van der Waals surface area (Å²) < 4.78 is 5.38. The highest BCUT2D eigenvalue weighted by atomic mass is 16.5. The van der Waals surface area contributed by atoms with Crippen molar-refractivity contribution in [2.75, 3.05) is 24.6 Å². The van der Waals surface area contributed by atoms with Gasteiger partial charge in [-0.1, -0.05) is 6.92 Å². The highest BCUT2D eigenvalue weighted by Gasteiger charge is 2.24. The lowest BCUT2D eigenvalue weighted by Gasteiger charge is -2.34. The van der Waals surface area contributed by atoms with Crippen LogP contribution in [0.2, 0.25) is 0 Å². The molecule has 2 atom stereocenters. The van der Waals surface area contributed by atoms with Crippen LogP contribution in [0.4, 0.5) is 5.95 Å². The van der Waals surface area contributed by atoms with Gasteiger partial charge in [-0.25, -0.2) is 4.98 Å². The Morgan fingerprint density at radius 3 is 3.12 bits per heavy atom. The van der Waals surface area contributed by atoms with Gasteiger partial charge in [-0.2, -0.15) is 4.98 Å². The zero-order valence-electron chi connectivity index (χ0n) is 10.5. The molecule has 1 aliphatic rings. The van der Waals surface area contributed by atoms with Gasteiger partial charge >= 0.3 is 0 Å². The molecule has 0 saturated carbocycles. The molecule has 0 spiro atoms. The van der Waals surface area contributed by atoms with Crippen molar-refractivity contribution in [1.29, 1.82) is 0 Å². The van der Waals surface area contributed by atoms with E-state index in [0.29, 0.717) is 18.4 Å². The van der Waals surface area contributed by atoms with E-state index in [1.165, 1.54) is 0 Å². The quantitative estimate of drug-likeness (QED) is 0.849. The molecular weight excluding hydrogens is 216 g/mol. The number of nitrogens with two attached hydrogens (primary N) is 1. The van der Waals surface area contributed by atoms with E-state index in [4.69, 9.17) is 10.5 Å². The average Bonchev–Trinajstić information content (AvgIpc) is 2.33. The molecule has 0 aromatic carbocycles. The van der Waals surface area contributed by atoms with Crippen molar-refractivity contribution in [3.05, 3.63) is 12.3 Å². The van der Waals surface area contributed by atoms with Crippen molar-refractivity contribution in [2.45, 2.75) is 26.3 Å². The first-order valence-electron chi connectivity index (χ1n) is 6.17.